The molecule has 1 saturated carbocycles. The highest BCUT2D eigenvalue weighted by Crippen LogP contribution is 2.22. The van der Waals surface area contributed by atoms with Crippen molar-refractivity contribution >= 4 is 17.5 Å². The van der Waals surface area contributed by atoms with Gasteiger partial charge in [-0.3, -0.25) is 9.59 Å². The van der Waals surface area contributed by atoms with Gasteiger partial charge in [-0.1, -0.05) is 37.5 Å². The molecule has 2 aromatic rings. The fourth-order valence-corrected chi connectivity index (χ4v) is 3.47. The van der Waals surface area contributed by atoms with Gasteiger partial charge in [-0.15, -0.1) is 0 Å². The van der Waals surface area contributed by atoms with Crippen LogP contribution in [0.4, 0.5) is 5.69 Å². The van der Waals surface area contributed by atoms with Crippen LogP contribution in [-0.2, 0) is 4.79 Å². The van der Waals surface area contributed by atoms with Crippen molar-refractivity contribution in [1.29, 1.82) is 0 Å². The molecule has 0 radical (unpaired) electrons. The van der Waals surface area contributed by atoms with Crippen molar-refractivity contribution in [2.75, 3.05) is 12.4 Å². The van der Waals surface area contributed by atoms with Gasteiger partial charge in [-0.2, -0.15) is 0 Å². The van der Waals surface area contributed by atoms with E-state index in [0.29, 0.717) is 22.7 Å². The van der Waals surface area contributed by atoms with Crippen LogP contribution in [0.25, 0.3) is 0 Å². The molecular formula is C23H28N2O4. The Hall–Kier alpha value is -3.02. The number of nitrogens with one attached hydrogen (secondary N) is 2. The van der Waals surface area contributed by atoms with E-state index in [1.54, 1.807) is 62.6 Å². The SMILES string of the molecule is COc1cccc(O[C@H](C)C(=O)Nc2ccccc2C(=O)NC2CCCCC2)c1. The zero-order valence-electron chi connectivity index (χ0n) is 16.9. The lowest BCUT2D eigenvalue weighted by Gasteiger charge is -2.23. The lowest BCUT2D eigenvalue weighted by molar-refractivity contribution is -0.122. The zero-order valence-corrected chi connectivity index (χ0v) is 16.9. The number of hydrogen-bond donors (Lipinski definition) is 2. The Morgan fingerprint density at radius 2 is 1.72 bits per heavy atom. The van der Waals surface area contributed by atoms with Crippen LogP contribution < -0.4 is 20.1 Å². The molecule has 2 aromatic carbocycles. The van der Waals surface area contributed by atoms with E-state index in [4.69, 9.17) is 9.47 Å². The molecule has 0 spiro atoms. The van der Waals surface area contributed by atoms with Crippen LogP contribution in [0.2, 0.25) is 0 Å². The number of hydrogen-bond acceptors (Lipinski definition) is 4. The molecule has 6 heteroatoms. The van der Waals surface area contributed by atoms with E-state index < -0.39 is 6.10 Å². The molecule has 6 nitrogen and oxygen atoms in total. The van der Waals surface area contributed by atoms with E-state index in [9.17, 15) is 9.59 Å². The Labute approximate surface area is 171 Å². The highest BCUT2D eigenvalue weighted by Gasteiger charge is 2.21. The summed E-state index contributed by atoms with van der Waals surface area (Å²) in [4.78, 5) is 25.4. The molecule has 0 aromatic heterocycles. The third-order valence-corrected chi connectivity index (χ3v) is 5.09. The van der Waals surface area contributed by atoms with Crippen molar-refractivity contribution < 1.29 is 19.1 Å². The molecule has 0 heterocycles. The van der Waals surface area contributed by atoms with Crippen molar-refractivity contribution in [3.63, 3.8) is 0 Å². The minimum atomic E-state index is -0.739. The molecule has 1 aliphatic rings. The lowest BCUT2D eigenvalue weighted by Crippen LogP contribution is -2.37. The van der Waals surface area contributed by atoms with E-state index in [0.717, 1.165) is 25.7 Å². The van der Waals surface area contributed by atoms with Crippen LogP contribution in [0.15, 0.2) is 48.5 Å². The first-order valence-electron chi connectivity index (χ1n) is 10.1. The van der Waals surface area contributed by atoms with E-state index in [-0.39, 0.29) is 17.9 Å². The molecule has 29 heavy (non-hydrogen) atoms. The van der Waals surface area contributed by atoms with Crippen LogP contribution >= 0.6 is 0 Å². The Morgan fingerprint density at radius 3 is 2.48 bits per heavy atom. The summed E-state index contributed by atoms with van der Waals surface area (Å²) in [5.74, 6) is 0.704. The Bertz CT molecular complexity index is 846. The van der Waals surface area contributed by atoms with E-state index in [1.165, 1.54) is 6.42 Å². The van der Waals surface area contributed by atoms with Crippen molar-refractivity contribution in [1.82, 2.24) is 5.32 Å². The average molecular weight is 396 g/mol. The van der Waals surface area contributed by atoms with Gasteiger partial charge in [0.15, 0.2) is 6.10 Å². The Kier molecular flexibility index (Phi) is 7.11. The first-order chi connectivity index (χ1) is 14.1. The lowest BCUT2D eigenvalue weighted by atomic mass is 9.95. The number of carbonyl (C=O) groups excluding carboxylic acids is 2. The predicted molar refractivity (Wildman–Crippen MR) is 112 cm³/mol. The summed E-state index contributed by atoms with van der Waals surface area (Å²) in [6.07, 6.45) is 4.78. The minimum absolute atomic E-state index is 0.158. The second-order valence-corrected chi connectivity index (χ2v) is 7.28. The van der Waals surface area contributed by atoms with Crippen molar-refractivity contribution in [2.24, 2.45) is 0 Å². The summed E-state index contributed by atoms with van der Waals surface area (Å²) < 4.78 is 10.9. The fourth-order valence-electron chi connectivity index (χ4n) is 3.47. The molecule has 2 N–H and O–H groups in total. The molecule has 154 valence electrons. The summed E-state index contributed by atoms with van der Waals surface area (Å²) in [5.41, 5.74) is 0.937. The minimum Gasteiger partial charge on any atom is -0.497 e. The number of benzene rings is 2. The summed E-state index contributed by atoms with van der Waals surface area (Å²) in [6, 6.07) is 14.3. The molecule has 1 aliphatic carbocycles. The molecule has 0 bridgehead atoms. The smallest absolute Gasteiger partial charge is 0.265 e. The van der Waals surface area contributed by atoms with Crippen molar-refractivity contribution in [2.45, 2.75) is 51.2 Å². The quantitative estimate of drug-likeness (QED) is 0.737. The topological polar surface area (TPSA) is 76.7 Å². The van der Waals surface area contributed by atoms with Crippen LogP contribution in [0, 0.1) is 0 Å². The second-order valence-electron chi connectivity index (χ2n) is 7.28. The zero-order chi connectivity index (χ0) is 20.6. The third-order valence-electron chi connectivity index (χ3n) is 5.09. The first-order valence-corrected chi connectivity index (χ1v) is 10.1. The summed E-state index contributed by atoms with van der Waals surface area (Å²) >= 11 is 0. The molecule has 1 fully saturated rings. The number of anilines is 1. The fraction of sp³-hybridized carbons (Fsp3) is 0.391. The molecule has 0 unspecified atom stereocenters. The highest BCUT2D eigenvalue weighted by atomic mass is 16.5. The van der Waals surface area contributed by atoms with Crippen LogP contribution in [0.5, 0.6) is 11.5 Å². The largest absolute Gasteiger partial charge is 0.497 e. The highest BCUT2D eigenvalue weighted by molar-refractivity contribution is 6.04. The number of carbonyl (C=O) groups is 2. The second kappa shape index (κ2) is 9.96. The maximum Gasteiger partial charge on any atom is 0.265 e. The predicted octanol–water partition coefficient (Wildman–Crippen LogP) is 4.16. The first kappa shape index (κ1) is 20.7. The average Bonchev–Trinajstić information content (AvgIpc) is 2.75. The number of rotatable bonds is 7. The van der Waals surface area contributed by atoms with E-state index >= 15 is 0 Å². The summed E-state index contributed by atoms with van der Waals surface area (Å²) in [6.45, 7) is 1.67. The molecular weight excluding hydrogens is 368 g/mol. The van der Waals surface area contributed by atoms with Crippen LogP contribution in [0.3, 0.4) is 0 Å². The number of methoxy groups -OCH3 is 1. The Morgan fingerprint density at radius 1 is 1.00 bits per heavy atom. The third kappa shape index (κ3) is 5.73. The summed E-state index contributed by atoms with van der Waals surface area (Å²) in [5, 5.41) is 5.92. The van der Waals surface area contributed by atoms with Gasteiger partial charge in [-0.05, 0) is 44.0 Å². The van der Waals surface area contributed by atoms with E-state index in [2.05, 4.69) is 10.6 Å². The number of para-hydroxylation sites is 1. The summed E-state index contributed by atoms with van der Waals surface area (Å²) in [7, 11) is 1.57. The van der Waals surface area contributed by atoms with Gasteiger partial charge in [0.05, 0.1) is 18.4 Å². The van der Waals surface area contributed by atoms with Gasteiger partial charge in [0.1, 0.15) is 11.5 Å². The molecule has 1 atom stereocenters. The van der Waals surface area contributed by atoms with Crippen molar-refractivity contribution in [3.8, 4) is 11.5 Å². The van der Waals surface area contributed by atoms with Crippen LogP contribution in [-0.4, -0.2) is 31.1 Å². The standard InChI is InChI=1S/C23H28N2O4/c1-16(29-19-12-8-11-18(15-19)28-2)22(26)25-21-14-7-6-13-20(21)23(27)24-17-9-4-3-5-10-17/h6-8,11-17H,3-5,9-10H2,1-2H3,(H,24,27)(H,25,26)/t16-/m1/s1. The number of amides is 2. The van der Waals surface area contributed by atoms with E-state index in [1.807, 2.05) is 0 Å². The molecule has 0 aliphatic heterocycles. The van der Waals surface area contributed by atoms with Gasteiger partial charge >= 0.3 is 0 Å². The molecule has 0 saturated heterocycles. The maximum atomic E-state index is 12.7. The monoisotopic (exact) mass is 396 g/mol. The molecule has 2 amide bonds. The molecule has 3 rings (SSSR count). The Balaban J connectivity index is 1.64. The van der Waals surface area contributed by atoms with Crippen LogP contribution in [0.1, 0.15) is 49.4 Å². The van der Waals surface area contributed by atoms with Gasteiger partial charge in [-0.25, -0.2) is 0 Å². The van der Waals surface area contributed by atoms with Gasteiger partial charge < -0.3 is 20.1 Å². The normalized spacial score (nSPS) is 15.2. The van der Waals surface area contributed by atoms with Gasteiger partial charge in [0.2, 0.25) is 0 Å². The maximum absolute atomic E-state index is 12.7. The van der Waals surface area contributed by atoms with Crippen molar-refractivity contribution in [3.05, 3.63) is 54.1 Å². The van der Waals surface area contributed by atoms with Gasteiger partial charge in [0.25, 0.3) is 11.8 Å². The number of ether oxygens (including phenoxy) is 2. The van der Waals surface area contributed by atoms with Gasteiger partial charge in [0, 0.05) is 12.1 Å².